The Morgan fingerprint density at radius 1 is 1.50 bits per heavy atom. The van der Waals surface area contributed by atoms with Crippen molar-refractivity contribution in [3.05, 3.63) is 0 Å². The number of ether oxygens (including phenoxy) is 1. The van der Waals surface area contributed by atoms with Crippen LogP contribution in [-0.2, 0) is 9.53 Å². The van der Waals surface area contributed by atoms with Crippen molar-refractivity contribution in [3.8, 4) is 0 Å². The van der Waals surface area contributed by atoms with E-state index >= 15 is 0 Å². The first kappa shape index (κ1) is 13.8. The third-order valence-corrected chi connectivity index (χ3v) is 4.48. The van der Waals surface area contributed by atoms with Gasteiger partial charge in [-0.15, -0.1) is 0 Å². The fraction of sp³-hybridized carbons (Fsp3) is 0.929. The van der Waals surface area contributed by atoms with E-state index in [0.29, 0.717) is 12.8 Å². The van der Waals surface area contributed by atoms with Gasteiger partial charge in [0.1, 0.15) is 0 Å². The molecule has 1 N–H and O–H groups in total. The molecule has 18 heavy (non-hydrogen) atoms. The molecule has 2 unspecified atom stereocenters. The van der Waals surface area contributed by atoms with Crippen molar-refractivity contribution in [1.29, 1.82) is 0 Å². The normalized spacial score (nSPS) is 27.9. The number of rotatable bonds is 5. The van der Waals surface area contributed by atoms with Gasteiger partial charge < -0.3 is 14.7 Å². The maximum Gasteiger partial charge on any atom is 0.225 e. The minimum atomic E-state index is -0.330. The van der Waals surface area contributed by atoms with Crippen LogP contribution in [0.4, 0.5) is 0 Å². The lowest BCUT2D eigenvalue weighted by Gasteiger charge is -2.41. The molecule has 2 fully saturated rings. The maximum absolute atomic E-state index is 12.4. The van der Waals surface area contributed by atoms with Gasteiger partial charge >= 0.3 is 0 Å². The van der Waals surface area contributed by atoms with E-state index in [1.807, 2.05) is 4.90 Å². The van der Waals surface area contributed by atoms with Crippen LogP contribution >= 0.6 is 0 Å². The Morgan fingerprint density at radius 2 is 2.22 bits per heavy atom. The van der Waals surface area contributed by atoms with E-state index in [4.69, 9.17) is 4.74 Å². The molecule has 0 spiro atoms. The van der Waals surface area contributed by atoms with E-state index in [-0.39, 0.29) is 23.7 Å². The molecule has 0 aromatic heterocycles. The minimum Gasteiger partial charge on any atom is -0.393 e. The highest BCUT2D eigenvalue weighted by Gasteiger charge is 2.41. The molecule has 1 saturated carbocycles. The highest BCUT2D eigenvalue weighted by molar-refractivity contribution is 5.78. The Bertz CT molecular complexity index is 294. The van der Waals surface area contributed by atoms with Gasteiger partial charge in [-0.05, 0) is 45.4 Å². The standard InChI is InChI=1S/C14H25NO3/c1-11(16)9-12-5-3-8-15(12)13(17)10-14(18-2)6-4-7-14/h11-12,16H,3-10H2,1-2H3. The van der Waals surface area contributed by atoms with Crippen LogP contribution < -0.4 is 0 Å². The number of nitrogens with zero attached hydrogens (tertiary/aromatic N) is 1. The zero-order chi connectivity index (χ0) is 13.2. The summed E-state index contributed by atoms with van der Waals surface area (Å²) in [5.74, 6) is 0.208. The largest absolute Gasteiger partial charge is 0.393 e. The summed E-state index contributed by atoms with van der Waals surface area (Å²) in [6, 6.07) is 0.228. The van der Waals surface area contributed by atoms with Crippen LogP contribution in [-0.4, -0.2) is 47.3 Å². The molecule has 2 aliphatic rings. The predicted octanol–water partition coefficient (Wildman–Crippen LogP) is 1.71. The number of aliphatic hydroxyl groups excluding tert-OH is 1. The van der Waals surface area contributed by atoms with Crippen molar-refractivity contribution in [2.75, 3.05) is 13.7 Å². The Kier molecular flexibility index (Phi) is 4.28. The summed E-state index contributed by atoms with van der Waals surface area (Å²) in [6.07, 6.45) is 6.14. The van der Waals surface area contributed by atoms with Crippen LogP contribution in [0.2, 0.25) is 0 Å². The zero-order valence-corrected chi connectivity index (χ0v) is 11.5. The van der Waals surface area contributed by atoms with E-state index in [1.54, 1.807) is 14.0 Å². The van der Waals surface area contributed by atoms with E-state index < -0.39 is 0 Å². The van der Waals surface area contributed by atoms with Crippen LogP contribution in [0, 0.1) is 0 Å². The van der Waals surface area contributed by atoms with Crippen molar-refractivity contribution >= 4 is 5.91 Å². The van der Waals surface area contributed by atoms with Crippen LogP contribution in [0.1, 0.15) is 51.9 Å². The van der Waals surface area contributed by atoms with E-state index in [0.717, 1.165) is 38.6 Å². The summed E-state index contributed by atoms with van der Waals surface area (Å²) < 4.78 is 5.52. The second-order valence-corrected chi connectivity index (χ2v) is 5.89. The van der Waals surface area contributed by atoms with Crippen LogP contribution in [0.5, 0.6) is 0 Å². The molecule has 4 heteroatoms. The average molecular weight is 255 g/mol. The number of methoxy groups -OCH3 is 1. The summed E-state index contributed by atoms with van der Waals surface area (Å²) >= 11 is 0. The molecule has 2 atom stereocenters. The second kappa shape index (κ2) is 5.57. The zero-order valence-electron chi connectivity index (χ0n) is 11.5. The molecule has 1 saturated heterocycles. The predicted molar refractivity (Wildman–Crippen MR) is 69.2 cm³/mol. The van der Waals surface area contributed by atoms with Gasteiger partial charge in [-0.1, -0.05) is 0 Å². The number of aliphatic hydroxyl groups is 1. The van der Waals surface area contributed by atoms with Crippen molar-refractivity contribution < 1.29 is 14.6 Å². The van der Waals surface area contributed by atoms with Gasteiger partial charge in [0.05, 0.1) is 18.1 Å². The summed E-state index contributed by atoms with van der Waals surface area (Å²) in [6.45, 7) is 2.64. The fourth-order valence-corrected chi connectivity index (χ4v) is 3.20. The first-order valence-corrected chi connectivity index (χ1v) is 7.09. The van der Waals surface area contributed by atoms with Crippen molar-refractivity contribution in [2.24, 2.45) is 0 Å². The molecular formula is C14H25NO3. The van der Waals surface area contributed by atoms with E-state index in [9.17, 15) is 9.90 Å². The highest BCUT2D eigenvalue weighted by atomic mass is 16.5. The summed E-state index contributed by atoms with van der Waals surface area (Å²) in [5.41, 5.74) is -0.185. The number of likely N-dealkylation sites (tertiary alicyclic amines) is 1. The molecule has 1 aliphatic carbocycles. The van der Waals surface area contributed by atoms with Gasteiger partial charge in [0.25, 0.3) is 0 Å². The highest BCUT2D eigenvalue weighted by Crippen LogP contribution is 2.39. The van der Waals surface area contributed by atoms with E-state index in [1.165, 1.54) is 0 Å². The van der Waals surface area contributed by atoms with Gasteiger partial charge in [0, 0.05) is 19.7 Å². The Labute approximate surface area is 109 Å². The smallest absolute Gasteiger partial charge is 0.225 e. The monoisotopic (exact) mass is 255 g/mol. The van der Waals surface area contributed by atoms with Crippen LogP contribution in [0.3, 0.4) is 0 Å². The lowest BCUT2D eigenvalue weighted by atomic mass is 9.77. The molecule has 1 amide bonds. The number of amides is 1. The number of hydrogen-bond acceptors (Lipinski definition) is 3. The molecule has 0 aromatic rings. The molecule has 1 aliphatic heterocycles. The Balaban J connectivity index is 1.91. The lowest BCUT2D eigenvalue weighted by Crippen LogP contribution is -2.46. The molecule has 0 aromatic carbocycles. The third-order valence-electron chi connectivity index (χ3n) is 4.48. The minimum absolute atomic E-state index is 0.185. The maximum atomic E-state index is 12.4. The van der Waals surface area contributed by atoms with E-state index in [2.05, 4.69) is 0 Å². The molecule has 1 heterocycles. The first-order valence-electron chi connectivity index (χ1n) is 7.09. The van der Waals surface area contributed by atoms with Gasteiger partial charge in [-0.25, -0.2) is 0 Å². The Hall–Kier alpha value is -0.610. The SMILES string of the molecule is COC1(CC(=O)N2CCCC2CC(C)O)CCC1. The van der Waals surface area contributed by atoms with Gasteiger partial charge in [-0.3, -0.25) is 4.79 Å². The summed E-state index contributed by atoms with van der Waals surface area (Å²) in [4.78, 5) is 14.3. The van der Waals surface area contributed by atoms with Crippen molar-refractivity contribution in [2.45, 2.75) is 69.6 Å². The second-order valence-electron chi connectivity index (χ2n) is 5.89. The van der Waals surface area contributed by atoms with Crippen LogP contribution in [0.15, 0.2) is 0 Å². The lowest BCUT2D eigenvalue weighted by molar-refractivity contribution is -0.145. The molecule has 0 radical (unpaired) electrons. The van der Waals surface area contributed by atoms with Gasteiger partial charge in [0.2, 0.25) is 5.91 Å². The molecular weight excluding hydrogens is 230 g/mol. The molecule has 4 nitrogen and oxygen atoms in total. The van der Waals surface area contributed by atoms with Crippen LogP contribution in [0.25, 0.3) is 0 Å². The van der Waals surface area contributed by atoms with Gasteiger partial charge in [0.15, 0.2) is 0 Å². The van der Waals surface area contributed by atoms with Gasteiger partial charge in [-0.2, -0.15) is 0 Å². The van der Waals surface area contributed by atoms with Crippen molar-refractivity contribution in [1.82, 2.24) is 4.90 Å². The first-order chi connectivity index (χ1) is 8.56. The summed E-state index contributed by atoms with van der Waals surface area (Å²) in [5, 5.41) is 9.49. The number of carbonyl (C=O) groups excluding carboxylic acids is 1. The topological polar surface area (TPSA) is 49.8 Å². The van der Waals surface area contributed by atoms with Crippen molar-refractivity contribution in [3.63, 3.8) is 0 Å². The molecule has 0 bridgehead atoms. The summed E-state index contributed by atoms with van der Waals surface area (Å²) in [7, 11) is 1.71. The Morgan fingerprint density at radius 3 is 2.72 bits per heavy atom. The number of carbonyl (C=O) groups is 1. The third kappa shape index (κ3) is 2.86. The molecule has 2 rings (SSSR count). The number of hydrogen-bond donors (Lipinski definition) is 1. The molecule has 104 valence electrons. The quantitative estimate of drug-likeness (QED) is 0.813. The fourth-order valence-electron chi connectivity index (χ4n) is 3.20. The average Bonchev–Trinajstić information content (AvgIpc) is 2.70.